The zero-order valence-corrected chi connectivity index (χ0v) is 27.1. The average molecular weight is 653 g/mol. The highest BCUT2D eigenvalue weighted by atomic mass is 32.2. The summed E-state index contributed by atoms with van der Waals surface area (Å²) in [5.74, 6) is 0. The molecule has 0 spiro atoms. The number of hydrogen-bond donors (Lipinski definition) is 2. The first kappa shape index (κ1) is 44.8. The largest absolute Gasteiger partial charge is 0.511 e. The van der Waals surface area contributed by atoms with Crippen LogP contribution in [0.1, 0.15) is 130 Å². The second kappa shape index (κ2) is 23.8. The summed E-state index contributed by atoms with van der Waals surface area (Å²) >= 11 is 0. The Morgan fingerprint density at radius 2 is 0.610 bits per heavy atom. The van der Waals surface area contributed by atoms with Gasteiger partial charge in [-0.2, -0.15) is 26.3 Å². The molecular weight excluding hydrogens is 596 g/mol. The van der Waals surface area contributed by atoms with Gasteiger partial charge in [0.05, 0.1) is 26.2 Å². The van der Waals surface area contributed by atoms with Crippen molar-refractivity contribution < 1.29 is 47.7 Å². The molecule has 0 aromatic carbocycles. The smallest absolute Gasteiger partial charge is 0.324 e. The Morgan fingerprint density at radius 3 is 0.732 bits per heavy atom. The fourth-order valence-electron chi connectivity index (χ4n) is 4.17. The number of rotatable bonds is 20. The molecule has 0 fully saturated rings. The van der Waals surface area contributed by atoms with Gasteiger partial charge in [-0.3, -0.25) is 0 Å². The normalized spacial score (nSPS) is 12.8. The number of hydrogen-bond acceptors (Lipinski definition) is 4. The van der Waals surface area contributed by atoms with E-state index in [2.05, 4.69) is 38.0 Å². The molecule has 0 radical (unpaired) electrons. The van der Waals surface area contributed by atoms with E-state index >= 15 is 0 Å². The van der Waals surface area contributed by atoms with Gasteiger partial charge in [0, 0.05) is 0 Å². The molecule has 0 unspecified atom stereocenters. The molecule has 0 aromatic heterocycles. The summed E-state index contributed by atoms with van der Waals surface area (Å²) in [6.45, 7) is 15.2. The SMILES string of the molecule is CCCCCC[N+](CCCCCC)(CCCCCC)CCCCCC.NS(=O)(=O)C(F)(F)F.NS(=O)(=O)C(F)(F)F. The molecule has 4 N–H and O–H groups in total. The Kier molecular flexibility index (Phi) is 26.0. The minimum Gasteiger partial charge on any atom is -0.324 e. The van der Waals surface area contributed by atoms with Crippen LogP contribution in [-0.2, 0) is 20.0 Å². The minimum absolute atomic E-state index is 1.36. The number of unbranched alkanes of at least 4 members (excludes halogenated alkanes) is 12. The van der Waals surface area contributed by atoms with Crippen LogP contribution in [0.3, 0.4) is 0 Å². The van der Waals surface area contributed by atoms with Crippen LogP contribution in [0.5, 0.6) is 0 Å². The van der Waals surface area contributed by atoms with Crippen LogP contribution >= 0.6 is 0 Å². The summed E-state index contributed by atoms with van der Waals surface area (Å²) in [6, 6.07) is 0. The third kappa shape index (κ3) is 26.7. The van der Waals surface area contributed by atoms with Gasteiger partial charge < -0.3 is 4.48 Å². The first-order chi connectivity index (χ1) is 18.7. The molecule has 0 amide bonds. The molecule has 41 heavy (non-hydrogen) atoms. The summed E-state index contributed by atoms with van der Waals surface area (Å²) in [7, 11) is -10.7. The molecule has 0 heterocycles. The van der Waals surface area contributed by atoms with Crippen molar-refractivity contribution in [3.05, 3.63) is 0 Å². The van der Waals surface area contributed by atoms with Gasteiger partial charge in [-0.1, -0.05) is 79.1 Å². The maximum Gasteiger partial charge on any atom is 0.511 e. The van der Waals surface area contributed by atoms with E-state index in [9.17, 15) is 43.2 Å². The van der Waals surface area contributed by atoms with Crippen LogP contribution in [0, 0.1) is 0 Å². The van der Waals surface area contributed by atoms with Gasteiger partial charge in [0.15, 0.2) is 0 Å². The van der Waals surface area contributed by atoms with Crippen molar-refractivity contribution in [1.29, 1.82) is 0 Å². The summed E-state index contributed by atoms with van der Waals surface area (Å²) < 4.78 is 104. The molecular formula is C26H56F6N3O4S2+. The van der Waals surface area contributed by atoms with Gasteiger partial charge in [-0.15, -0.1) is 0 Å². The Morgan fingerprint density at radius 1 is 0.439 bits per heavy atom. The van der Waals surface area contributed by atoms with Gasteiger partial charge >= 0.3 is 31.1 Å². The van der Waals surface area contributed by atoms with E-state index < -0.39 is 31.1 Å². The molecule has 0 aliphatic carbocycles. The summed E-state index contributed by atoms with van der Waals surface area (Å²) in [6.07, 6.45) is 22.8. The van der Waals surface area contributed by atoms with Crippen LogP contribution in [0.15, 0.2) is 0 Å². The van der Waals surface area contributed by atoms with Crippen molar-refractivity contribution >= 4 is 20.0 Å². The van der Waals surface area contributed by atoms with Crippen molar-refractivity contribution in [3.8, 4) is 0 Å². The van der Waals surface area contributed by atoms with Crippen molar-refractivity contribution in [2.24, 2.45) is 10.3 Å². The predicted molar refractivity (Wildman–Crippen MR) is 155 cm³/mol. The topological polar surface area (TPSA) is 120 Å². The molecule has 0 saturated heterocycles. The molecule has 0 aromatic rings. The number of nitrogens with zero attached hydrogens (tertiary/aromatic N) is 1. The quantitative estimate of drug-likeness (QED) is 0.0795. The molecule has 7 nitrogen and oxygen atoms in total. The highest BCUT2D eigenvalue weighted by Crippen LogP contribution is 2.21. The lowest BCUT2D eigenvalue weighted by Crippen LogP contribution is -2.50. The third-order valence-corrected chi connectivity index (χ3v) is 7.88. The van der Waals surface area contributed by atoms with Crippen molar-refractivity contribution in [2.75, 3.05) is 26.2 Å². The Bertz CT molecular complexity index is 727. The maximum atomic E-state index is 10.8. The molecule has 15 heteroatoms. The van der Waals surface area contributed by atoms with Gasteiger partial charge in [-0.05, 0) is 51.4 Å². The summed E-state index contributed by atoms with van der Waals surface area (Å²) in [5, 5.41) is 7.32. The van der Waals surface area contributed by atoms with E-state index in [0.29, 0.717) is 0 Å². The second-order valence-electron chi connectivity index (χ2n) is 10.5. The van der Waals surface area contributed by atoms with Crippen LogP contribution in [0.2, 0.25) is 0 Å². The molecule has 0 bridgehead atoms. The van der Waals surface area contributed by atoms with Gasteiger partial charge in [0.25, 0.3) is 0 Å². The summed E-state index contributed by atoms with van der Waals surface area (Å²) in [5.41, 5.74) is -10.6. The van der Waals surface area contributed by atoms with Crippen molar-refractivity contribution in [1.82, 2.24) is 0 Å². The molecule has 0 rings (SSSR count). The van der Waals surface area contributed by atoms with Gasteiger partial charge in [-0.25, -0.2) is 27.1 Å². The maximum absolute atomic E-state index is 10.8. The number of primary sulfonamides is 2. The fraction of sp³-hybridized carbons (Fsp3) is 1.00. The van der Waals surface area contributed by atoms with E-state index in [0.717, 1.165) is 0 Å². The monoisotopic (exact) mass is 652 g/mol. The van der Waals surface area contributed by atoms with Crippen LogP contribution in [0.25, 0.3) is 0 Å². The van der Waals surface area contributed by atoms with Gasteiger partial charge in [0.1, 0.15) is 0 Å². The first-order valence-electron chi connectivity index (χ1n) is 14.8. The molecule has 0 atom stereocenters. The highest BCUT2D eigenvalue weighted by molar-refractivity contribution is 7.90. The van der Waals surface area contributed by atoms with E-state index in [4.69, 9.17) is 0 Å². The summed E-state index contributed by atoms with van der Waals surface area (Å²) in [4.78, 5) is 0. The van der Waals surface area contributed by atoms with E-state index in [1.165, 1.54) is 133 Å². The second-order valence-corrected chi connectivity index (χ2v) is 13.6. The number of halogens is 6. The lowest BCUT2D eigenvalue weighted by molar-refractivity contribution is -0.929. The van der Waals surface area contributed by atoms with Crippen LogP contribution < -0.4 is 10.3 Å². The lowest BCUT2D eigenvalue weighted by atomic mass is 10.1. The van der Waals surface area contributed by atoms with E-state index in [-0.39, 0.29) is 0 Å². The predicted octanol–water partition coefficient (Wildman–Crippen LogP) is 7.71. The number of alkyl halides is 6. The van der Waals surface area contributed by atoms with Crippen molar-refractivity contribution in [3.63, 3.8) is 0 Å². The minimum atomic E-state index is -5.34. The fourth-order valence-corrected chi connectivity index (χ4v) is 4.17. The lowest BCUT2D eigenvalue weighted by Gasteiger charge is -2.39. The van der Waals surface area contributed by atoms with Crippen LogP contribution in [0.4, 0.5) is 26.3 Å². The zero-order valence-electron chi connectivity index (χ0n) is 25.5. The van der Waals surface area contributed by atoms with E-state index in [1.807, 2.05) is 0 Å². The Hall–Kier alpha value is -0.640. The number of nitrogens with two attached hydrogens (primary N) is 2. The van der Waals surface area contributed by atoms with Crippen LogP contribution in [-0.4, -0.2) is 58.5 Å². The third-order valence-electron chi connectivity index (χ3n) is 6.59. The molecule has 0 aliphatic heterocycles. The van der Waals surface area contributed by atoms with Crippen molar-refractivity contribution in [2.45, 2.75) is 141 Å². The number of sulfonamides is 2. The molecule has 0 saturated carbocycles. The highest BCUT2D eigenvalue weighted by Gasteiger charge is 2.43. The number of quaternary nitrogens is 1. The Balaban J connectivity index is -0.000000731. The molecule has 252 valence electrons. The Labute approximate surface area is 245 Å². The standard InChI is InChI=1S/C24H52N.2CH2F3NO2S/c1-5-9-13-17-21-25(22-18-14-10-6-2,23-19-15-11-7-3)24-20-16-12-8-4;2*2-1(3,4)8(5,6)7/h5-24H2,1-4H3;2*(H2,5,6,7)/q+1;;. The first-order valence-corrected chi connectivity index (χ1v) is 17.9. The van der Waals surface area contributed by atoms with E-state index in [1.54, 1.807) is 0 Å². The average Bonchev–Trinajstić information content (AvgIpc) is 2.83. The molecule has 0 aliphatic rings. The van der Waals surface area contributed by atoms with Gasteiger partial charge in [0.2, 0.25) is 0 Å². The zero-order chi connectivity index (χ0) is 32.6.